The Hall–Kier alpha value is -1.86. The van der Waals surface area contributed by atoms with Crippen molar-refractivity contribution < 1.29 is 9.53 Å². The van der Waals surface area contributed by atoms with Crippen LogP contribution in [0.1, 0.15) is 23.1 Å². The molecule has 0 radical (unpaired) electrons. The molecule has 0 fully saturated rings. The minimum atomic E-state index is -0.358. The number of pyridine rings is 2. The summed E-state index contributed by atoms with van der Waals surface area (Å²) in [5.41, 5.74) is 1.91. The molecule has 3 aromatic heterocycles. The second kappa shape index (κ2) is 7.14. The van der Waals surface area contributed by atoms with E-state index in [4.69, 9.17) is 4.74 Å². The third-order valence-electron chi connectivity index (χ3n) is 3.15. The normalized spacial score (nSPS) is 10.9. The summed E-state index contributed by atoms with van der Waals surface area (Å²) in [6.45, 7) is 2.12. The number of carbonyl (C=O) groups excluding carboxylic acids is 1. The Morgan fingerprint density at radius 3 is 2.83 bits per heavy atom. The number of nitrogens with zero attached hydrogens (tertiary/aromatic N) is 3. The Morgan fingerprint density at radius 1 is 1.30 bits per heavy atom. The molecule has 3 heterocycles. The van der Waals surface area contributed by atoms with E-state index in [-0.39, 0.29) is 5.97 Å². The van der Waals surface area contributed by atoms with E-state index in [9.17, 15) is 4.79 Å². The first-order valence-electron chi connectivity index (χ1n) is 7.05. The quantitative estimate of drug-likeness (QED) is 0.486. The maximum atomic E-state index is 12.3. The number of hydrogen-bond donors (Lipinski definition) is 0. The molecule has 0 saturated heterocycles. The fraction of sp³-hybridized carbons (Fsp3) is 0.188. The zero-order valence-electron chi connectivity index (χ0n) is 12.4. The van der Waals surface area contributed by atoms with E-state index in [1.165, 1.54) is 0 Å². The fourth-order valence-electron chi connectivity index (χ4n) is 2.17. The third-order valence-corrected chi connectivity index (χ3v) is 4.64. The monoisotopic (exact) mass is 391 g/mol. The molecular weight excluding hydrogens is 378 g/mol. The molecule has 0 aliphatic carbocycles. The average Bonchev–Trinajstić information content (AvgIpc) is 2.91. The number of fused-ring (bicyclic) bond motifs is 1. The number of imidazole rings is 1. The molecule has 0 aromatic carbocycles. The Bertz CT molecular complexity index is 836. The second-order valence-electron chi connectivity index (χ2n) is 4.67. The predicted octanol–water partition coefficient (Wildman–Crippen LogP) is 3.96. The number of thioether (sulfide) groups is 1. The lowest BCUT2D eigenvalue weighted by molar-refractivity contribution is 0.0517. The molecule has 0 aliphatic rings. The number of esters is 1. The van der Waals surface area contributed by atoms with Gasteiger partial charge in [0.05, 0.1) is 12.3 Å². The van der Waals surface area contributed by atoms with E-state index in [0.29, 0.717) is 23.7 Å². The number of rotatable bonds is 5. The van der Waals surface area contributed by atoms with Gasteiger partial charge in [0.2, 0.25) is 0 Å². The molecular formula is C16H14BrN3O2S. The third kappa shape index (κ3) is 3.56. The van der Waals surface area contributed by atoms with Crippen LogP contribution in [0.2, 0.25) is 0 Å². The van der Waals surface area contributed by atoms with Crippen LogP contribution in [-0.4, -0.2) is 26.9 Å². The summed E-state index contributed by atoms with van der Waals surface area (Å²) in [6, 6.07) is 7.63. The van der Waals surface area contributed by atoms with Crippen LogP contribution in [0.25, 0.3) is 5.65 Å². The lowest BCUT2D eigenvalue weighted by Gasteiger charge is -2.05. The highest BCUT2D eigenvalue weighted by Crippen LogP contribution is 2.25. The molecule has 0 aliphatic heterocycles. The van der Waals surface area contributed by atoms with Crippen LogP contribution >= 0.6 is 27.7 Å². The second-order valence-corrected chi connectivity index (χ2v) is 6.64. The highest BCUT2D eigenvalue weighted by atomic mass is 79.9. The van der Waals surface area contributed by atoms with Crippen LogP contribution in [0.3, 0.4) is 0 Å². The number of aromatic nitrogens is 3. The summed E-state index contributed by atoms with van der Waals surface area (Å²) in [5, 5.41) is 0. The Balaban J connectivity index is 1.97. The van der Waals surface area contributed by atoms with Gasteiger partial charge in [-0.25, -0.2) is 9.78 Å². The molecule has 5 nitrogen and oxygen atoms in total. The first-order valence-corrected chi connectivity index (χ1v) is 8.83. The van der Waals surface area contributed by atoms with Crippen molar-refractivity contribution in [2.75, 3.05) is 6.61 Å². The average molecular weight is 392 g/mol. The maximum Gasteiger partial charge on any atom is 0.357 e. The lowest BCUT2D eigenvalue weighted by atomic mass is 10.3. The molecule has 23 heavy (non-hydrogen) atoms. The van der Waals surface area contributed by atoms with Gasteiger partial charge in [-0.2, -0.15) is 0 Å². The Kier molecular flexibility index (Phi) is 4.97. The van der Waals surface area contributed by atoms with Gasteiger partial charge in [-0.05, 0) is 47.1 Å². The van der Waals surface area contributed by atoms with Crippen molar-refractivity contribution in [3.05, 3.63) is 58.7 Å². The lowest BCUT2D eigenvalue weighted by Crippen LogP contribution is -2.10. The van der Waals surface area contributed by atoms with E-state index >= 15 is 0 Å². The van der Waals surface area contributed by atoms with Gasteiger partial charge in [-0.1, -0.05) is 0 Å². The maximum absolute atomic E-state index is 12.3. The molecule has 0 bridgehead atoms. The van der Waals surface area contributed by atoms with Crippen LogP contribution in [0.5, 0.6) is 0 Å². The van der Waals surface area contributed by atoms with Crippen molar-refractivity contribution in [3.8, 4) is 0 Å². The van der Waals surface area contributed by atoms with E-state index in [1.807, 2.05) is 30.5 Å². The van der Waals surface area contributed by atoms with E-state index < -0.39 is 0 Å². The van der Waals surface area contributed by atoms with Gasteiger partial charge in [0, 0.05) is 33.7 Å². The van der Waals surface area contributed by atoms with Crippen molar-refractivity contribution in [2.45, 2.75) is 17.6 Å². The predicted molar refractivity (Wildman–Crippen MR) is 92.6 cm³/mol. The van der Waals surface area contributed by atoms with Gasteiger partial charge in [0.25, 0.3) is 0 Å². The van der Waals surface area contributed by atoms with Gasteiger partial charge in [0.1, 0.15) is 5.65 Å². The summed E-state index contributed by atoms with van der Waals surface area (Å²) in [6.07, 6.45) is 5.32. The van der Waals surface area contributed by atoms with Crippen LogP contribution in [0, 0.1) is 0 Å². The molecule has 118 valence electrons. The number of ether oxygens (including phenoxy) is 1. The molecule has 3 rings (SSSR count). The van der Waals surface area contributed by atoms with E-state index in [2.05, 4.69) is 25.9 Å². The highest BCUT2D eigenvalue weighted by molar-refractivity contribution is 9.10. The first kappa shape index (κ1) is 16.0. The van der Waals surface area contributed by atoms with Gasteiger partial charge in [-0.15, -0.1) is 11.8 Å². The standard InChI is InChI=1S/C16H14BrN3O2S/c1-2-22-16(21)15-13(10-23-12-5-7-18-8-6-12)19-14-4-3-11(17)9-20(14)15/h3-9H,2,10H2,1H3. The summed E-state index contributed by atoms with van der Waals surface area (Å²) < 4.78 is 7.84. The van der Waals surface area contributed by atoms with E-state index in [1.54, 1.807) is 35.5 Å². The molecule has 0 amide bonds. The Labute approximate surface area is 146 Å². The molecule has 0 N–H and O–H groups in total. The summed E-state index contributed by atoms with van der Waals surface area (Å²) in [7, 11) is 0. The van der Waals surface area contributed by atoms with Crippen molar-refractivity contribution in [1.29, 1.82) is 0 Å². The van der Waals surface area contributed by atoms with Gasteiger partial charge >= 0.3 is 5.97 Å². The molecule has 0 saturated carbocycles. The van der Waals surface area contributed by atoms with Crippen LogP contribution in [0.4, 0.5) is 0 Å². The van der Waals surface area contributed by atoms with Crippen molar-refractivity contribution in [2.24, 2.45) is 0 Å². The molecule has 0 atom stereocenters. The first-order chi connectivity index (χ1) is 11.2. The van der Waals surface area contributed by atoms with Gasteiger partial charge < -0.3 is 4.74 Å². The van der Waals surface area contributed by atoms with Gasteiger partial charge in [0.15, 0.2) is 5.69 Å². The minimum absolute atomic E-state index is 0.330. The summed E-state index contributed by atoms with van der Waals surface area (Å²) in [5.74, 6) is 0.223. The molecule has 7 heteroatoms. The largest absolute Gasteiger partial charge is 0.461 e. The van der Waals surface area contributed by atoms with Crippen LogP contribution < -0.4 is 0 Å². The fourth-order valence-corrected chi connectivity index (χ4v) is 3.33. The highest BCUT2D eigenvalue weighted by Gasteiger charge is 2.20. The van der Waals surface area contributed by atoms with Crippen LogP contribution in [0.15, 0.2) is 52.2 Å². The number of hydrogen-bond acceptors (Lipinski definition) is 5. The van der Waals surface area contributed by atoms with Crippen LogP contribution in [-0.2, 0) is 10.5 Å². The molecule has 0 spiro atoms. The molecule has 3 aromatic rings. The minimum Gasteiger partial charge on any atom is -0.461 e. The smallest absolute Gasteiger partial charge is 0.357 e. The SMILES string of the molecule is CCOC(=O)c1c(CSc2ccncc2)nc2ccc(Br)cn12. The Morgan fingerprint density at radius 2 is 2.09 bits per heavy atom. The van der Waals surface area contributed by atoms with Crippen molar-refractivity contribution in [3.63, 3.8) is 0 Å². The summed E-state index contributed by atoms with van der Waals surface area (Å²) in [4.78, 5) is 22.0. The summed E-state index contributed by atoms with van der Waals surface area (Å²) >= 11 is 5.03. The number of carbonyl (C=O) groups is 1. The van der Waals surface area contributed by atoms with Crippen molar-refractivity contribution >= 4 is 39.3 Å². The molecule has 0 unspecified atom stereocenters. The zero-order chi connectivity index (χ0) is 16.2. The van der Waals surface area contributed by atoms with Gasteiger partial charge in [-0.3, -0.25) is 9.38 Å². The van der Waals surface area contributed by atoms with Crippen molar-refractivity contribution in [1.82, 2.24) is 14.4 Å². The number of halogens is 1. The van der Waals surface area contributed by atoms with E-state index in [0.717, 1.165) is 15.0 Å². The topological polar surface area (TPSA) is 56.5 Å². The zero-order valence-corrected chi connectivity index (χ0v) is 14.8.